The lowest BCUT2D eigenvalue weighted by Crippen LogP contribution is -2.62. The molecule has 0 spiro atoms. The summed E-state index contributed by atoms with van der Waals surface area (Å²) in [7, 11) is 0. The maximum atomic E-state index is 12.3. The van der Waals surface area contributed by atoms with Crippen LogP contribution >= 0.6 is 0 Å². The highest BCUT2D eigenvalue weighted by molar-refractivity contribution is 5.89. The topological polar surface area (TPSA) is 176 Å². The summed E-state index contributed by atoms with van der Waals surface area (Å²) in [4.78, 5) is 22.6. The van der Waals surface area contributed by atoms with Gasteiger partial charge in [-0.3, -0.25) is 4.79 Å². The molecule has 244 valence electrons. The minimum absolute atomic E-state index is 0.00431. The average Bonchev–Trinajstić information content (AvgIpc) is 2.97. The molecule has 0 radical (unpaired) electrons. The van der Waals surface area contributed by atoms with Gasteiger partial charge in [-0.05, 0) is 122 Å². The van der Waals surface area contributed by atoms with E-state index in [1.807, 2.05) is 19.9 Å². The van der Waals surface area contributed by atoms with E-state index < -0.39 is 34.6 Å². The molecule has 0 saturated heterocycles. The number of hydrogen-bond donors (Lipinski definition) is 7. The number of benzene rings is 2. The molecule has 9 heteroatoms. The van der Waals surface area contributed by atoms with Crippen molar-refractivity contribution in [2.75, 3.05) is 0 Å². The summed E-state index contributed by atoms with van der Waals surface area (Å²) in [6, 6.07) is 3.50. The van der Waals surface area contributed by atoms with Crippen LogP contribution in [0.2, 0.25) is 0 Å². The molecule has 45 heavy (non-hydrogen) atoms. The number of fused-ring (bicyclic) bond motifs is 7. The molecule has 4 aliphatic carbocycles. The number of hydrogen-bond acceptors (Lipinski definition) is 7. The molecule has 7 N–H and O–H groups in total. The van der Waals surface area contributed by atoms with Crippen LogP contribution in [-0.2, 0) is 16.6 Å². The van der Waals surface area contributed by atoms with Crippen LogP contribution < -0.4 is 0 Å². The lowest BCUT2D eigenvalue weighted by atomic mass is 9.34. The van der Waals surface area contributed by atoms with Crippen molar-refractivity contribution in [3.63, 3.8) is 0 Å². The maximum absolute atomic E-state index is 12.3. The molecule has 0 amide bonds. The van der Waals surface area contributed by atoms with Crippen molar-refractivity contribution in [3.05, 3.63) is 52.1 Å². The molecule has 6 rings (SSSR count). The van der Waals surface area contributed by atoms with Crippen LogP contribution in [0.5, 0.6) is 28.7 Å². The first-order valence-corrected chi connectivity index (χ1v) is 15.7. The number of aromatic hydroxyl groups is 5. The molecule has 0 aliphatic heterocycles. The van der Waals surface area contributed by atoms with Crippen LogP contribution in [0.4, 0.5) is 0 Å². The molecule has 4 aliphatic rings. The maximum Gasteiger partial charge on any atom is 0.335 e. The monoisotopic (exact) mass is 622 g/mol. The van der Waals surface area contributed by atoms with Gasteiger partial charge in [0.2, 0.25) is 0 Å². The Hall–Kier alpha value is -3.88. The highest BCUT2D eigenvalue weighted by atomic mass is 16.4. The highest BCUT2D eigenvalue weighted by Crippen LogP contribution is 2.74. The third-order valence-corrected chi connectivity index (χ3v) is 12.9. The van der Waals surface area contributed by atoms with Gasteiger partial charge < -0.3 is 35.7 Å². The second-order valence-corrected chi connectivity index (χ2v) is 15.2. The van der Waals surface area contributed by atoms with Gasteiger partial charge in [-0.15, -0.1) is 0 Å². The largest absolute Gasteiger partial charge is 0.504 e. The Morgan fingerprint density at radius 2 is 1.33 bits per heavy atom. The van der Waals surface area contributed by atoms with E-state index in [0.29, 0.717) is 5.92 Å². The van der Waals surface area contributed by atoms with Gasteiger partial charge in [-0.2, -0.15) is 0 Å². The Kier molecular flexibility index (Phi) is 7.46. The zero-order valence-corrected chi connectivity index (χ0v) is 27.0. The van der Waals surface area contributed by atoms with E-state index in [9.17, 15) is 24.9 Å². The van der Waals surface area contributed by atoms with E-state index in [-0.39, 0.29) is 38.7 Å². The molecule has 0 bridgehead atoms. The van der Waals surface area contributed by atoms with Gasteiger partial charge in [-0.1, -0.05) is 39.3 Å². The summed E-state index contributed by atoms with van der Waals surface area (Å²) in [6.07, 6.45) is 10.0. The second-order valence-electron chi connectivity index (χ2n) is 15.2. The number of aromatic carboxylic acids is 1. The van der Waals surface area contributed by atoms with Crippen LogP contribution in [0, 0.1) is 34.5 Å². The summed E-state index contributed by atoms with van der Waals surface area (Å²) in [6.45, 7) is 13.5. The second kappa shape index (κ2) is 10.3. The minimum atomic E-state index is -1.29. The predicted octanol–water partition coefficient (Wildman–Crippen LogP) is 7.15. The molecular formula is C36H46O9. The number of aliphatic carboxylic acids is 1. The van der Waals surface area contributed by atoms with Gasteiger partial charge in [-0.25, -0.2) is 4.79 Å². The summed E-state index contributed by atoms with van der Waals surface area (Å²) >= 11 is 0. The fourth-order valence-electron chi connectivity index (χ4n) is 9.62. The van der Waals surface area contributed by atoms with Gasteiger partial charge in [0.1, 0.15) is 0 Å². The summed E-state index contributed by atoms with van der Waals surface area (Å²) in [5.41, 5.74) is 3.72. The van der Waals surface area contributed by atoms with Gasteiger partial charge in [0, 0.05) is 5.41 Å². The summed E-state index contributed by atoms with van der Waals surface area (Å²) < 4.78 is 0. The van der Waals surface area contributed by atoms with Crippen LogP contribution in [0.1, 0.15) is 107 Å². The zero-order chi connectivity index (χ0) is 33.5. The van der Waals surface area contributed by atoms with Gasteiger partial charge in [0.15, 0.2) is 28.7 Å². The summed E-state index contributed by atoms with van der Waals surface area (Å²) in [5, 5.41) is 65.9. The number of carboxylic acids is 2. The van der Waals surface area contributed by atoms with Crippen molar-refractivity contribution in [1.29, 1.82) is 0 Å². The lowest BCUT2D eigenvalue weighted by molar-refractivity contribution is -0.177. The molecule has 6 unspecified atom stereocenters. The Morgan fingerprint density at radius 1 is 0.756 bits per heavy atom. The molecule has 3 fully saturated rings. The standard InChI is InChI=1S/C29H40O4.C7H6O5/c1-17-18-7-8-21-27(4,19(18)15-20(30)23(17)31)12-14-29(6)22-16-26(3,24(32)33)10-9-25(22,2)11-13-28(21,29)5;8-4-1-3(7(11)12)2-5(9)6(4)10/h8,15,22,30-31H,7,9-14,16H2,1-6H3,(H,32,33);1-2,8-10H,(H,11,12). The Labute approximate surface area is 263 Å². The van der Waals surface area contributed by atoms with Crippen molar-refractivity contribution < 1.29 is 45.3 Å². The molecular weight excluding hydrogens is 576 g/mol. The SMILES string of the molecule is Cc1c(O)c(O)cc2c1CC=C1C2(C)CCC2(C)C3CC(C)(C(=O)O)CCC3(C)CCC12C.O=C(O)c1cc(O)c(O)c(O)c1. The van der Waals surface area contributed by atoms with E-state index >= 15 is 0 Å². The first-order chi connectivity index (χ1) is 20.7. The Morgan fingerprint density at radius 3 is 1.91 bits per heavy atom. The van der Waals surface area contributed by atoms with Crippen molar-refractivity contribution in [1.82, 2.24) is 0 Å². The molecule has 0 aromatic heterocycles. The molecule has 6 atom stereocenters. The number of allylic oxidation sites excluding steroid dienone is 2. The van der Waals surface area contributed by atoms with Gasteiger partial charge in [0.05, 0.1) is 11.0 Å². The van der Waals surface area contributed by atoms with Crippen LogP contribution in [0.3, 0.4) is 0 Å². The van der Waals surface area contributed by atoms with Crippen molar-refractivity contribution in [3.8, 4) is 28.7 Å². The zero-order valence-electron chi connectivity index (χ0n) is 27.0. The molecule has 2 aromatic carbocycles. The quantitative estimate of drug-likeness (QED) is 0.135. The van der Waals surface area contributed by atoms with E-state index in [1.54, 1.807) is 0 Å². The summed E-state index contributed by atoms with van der Waals surface area (Å²) in [5.74, 6) is -3.61. The average molecular weight is 623 g/mol. The first kappa shape index (κ1) is 32.5. The fourth-order valence-corrected chi connectivity index (χ4v) is 9.62. The van der Waals surface area contributed by atoms with Gasteiger partial charge in [0.25, 0.3) is 0 Å². The minimum Gasteiger partial charge on any atom is -0.504 e. The number of carbonyl (C=O) groups is 2. The third-order valence-electron chi connectivity index (χ3n) is 12.9. The number of carboxylic acid groups (broad SMARTS) is 2. The molecule has 3 saturated carbocycles. The highest BCUT2D eigenvalue weighted by Gasteiger charge is 2.67. The fraction of sp³-hybridized carbons (Fsp3) is 0.556. The van der Waals surface area contributed by atoms with Gasteiger partial charge >= 0.3 is 11.9 Å². The van der Waals surface area contributed by atoms with Crippen LogP contribution in [0.25, 0.3) is 0 Å². The number of rotatable bonds is 2. The predicted molar refractivity (Wildman–Crippen MR) is 168 cm³/mol. The van der Waals surface area contributed by atoms with Crippen molar-refractivity contribution in [2.24, 2.45) is 27.6 Å². The number of phenolic OH excluding ortho intramolecular Hbond substituents is 5. The molecule has 9 nitrogen and oxygen atoms in total. The third kappa shape index (κ3) is 4.64. The Balaban J connectivity index is 0.000000282. The van der Waals surface area contributed by atoms with E-state index in [4.69, 9.17) is 20.4 Å². The normalized spacial score (nSPS) is 34.9. The van der Waals surface area contributed by atoms with E-state index in [1.165, 1.54) is 11.1 Å². The van der Waals surface area contributed by atoms with Crippen molar-refractivity contribution >= 4 is 11.9 Å². The van der Waals surface area contributed by atoms with Crippen LogP contribution in [-0.4, -0.2) is 47.7 Å². The lowest BCUT2D eigenvalue weighted by Gasteiger charge is -2.69. The molecule has 0 heterocycles. The smallest absolute Gasteiger partial charge is 0.335 e. The van der Waals surface area contributed by atoms with Crippen molar-refractivity contribution in [2.45, 2.75) is 98.3 Å². The van der Waals surface area contributed by atoms with E-state index in [2.05, 4.69) is 33.8 Å². The molecule has 2 aromatic rings. The first-order valence-electron chi connectivity index (χ1n) is 15.7. The Bertz CT molecular complexity index is 1600. The number of phenols is 5. The van der Waals surface area contributed by atoms with Crippen LogP contribution in [0.15, 0.2) is 29.8 Å². The van der Waals surface area contributed by atoms with E-state index in [0.717, 1.165) is 74.6 Å².